The van der Waals surface area contributed by atoms with Gasteiger partial charge in [-0.1, -0.05) is 31.2 Å². The Balaban J connectivity index is 1.78. The fourth-order valence-electron chi connectivity index (χ4n) is 2.96. The number of carbonyl (C=O) groups is 2. The van der Waals surface area contributed by atoms with Gasteiger partial charge in [0, 0.05) is 5.39 Å². The molecule has 0 atom stereocenters. The van der Waals surface area contributed by atoms with Crippen molar-refractivity contribution in [2.45, 2.75) is 20.3 Å². The van der Waals surface area contributed by atoms with Crippen molar-refractivity contribution in [3.05, 3.63) is 70.9 Å². The van der Waals surface area contributed by atoms with E-state index in [1.165, 1.54) is 6.07 Å². The molecule has 5 nitrogen and oxygen atoms in total. The minimum Gasteiger partial charge on any atom is -0.452 e. The van der Waals surface area contributed by atoms with Gasteiger partial charge in [0.2, 0.25) is 0 Å². The molecule has 144 valence electrons. The zero-order valence-corrected chi connectivity index (χ0v) is 15.4. The summed E-state index contributed by atoms with van der Waals surface area (Å²) in [4.78, 5) is 29.0. The summed E-state index contributed by atoms with van der Waals surface area (Å²) >= 11 is 0. The van der Waals surface area contributed by atoms with Crippen molar-refractivity contribution in [3.8, 4) is 0 Å². The largest absolute Gasteiger partial charge is 0.452 e. The lowest BCUT2D eigenvalue weighted by molar-refractivity contribution is -0.119. The summed E-state index contributed by atoms with van der Waals surface area (Å²) in [5.41, 5.74) is 1.74. The molecule has 1 heterocycles. The maximum Gasteiger partial charge on any atom is 0.340 e. The first kappa shape index (κ1) is 19.4. The molecule has 0 aliphatic carbocycles. The Morgan fingerprint density at radius 2 is 1.75 bits per heavy atom. The van der Waals surface area contributed by atoms with Crippen molar-refractivity contribution in [2.24, 2.45) is 0 Å². The van der Waals surface area contributed by atoms with Crippen LogP contribution in [0.25, 0.3) is 10.9 Å². The van der Waals surface area contributed by atoms with Crippen LogP contribution in [0.15, 0.2) is 42.5 Å². The maximum absolute atomic E-state index is 13.6. The Morgan fingerprint density at radius 1 is 1.07 bits per heavy atom. The predicted molar refractivity (Wildman–Crippen MR) is 101 cm³/mol. The Labute approximate surface area is 160 Å². The summed E-state index contributed by atoms with van der Waals surface area (Å²) in [6, 6.07) is 10.6. The van der Waals surface area contributed by atoms with Gasteiger partial charge in [-0.2, -0.15) is 0 Å². The summed E-state index contributed by atoms with van der Waals surface area (Å²) in [6.07, 6.45) is 0.503. The van der Waals surface area contributed by atoms with Crippen LogP contribution in [0.3, 0.4) is 0 Å². The molecule has 7 heteroatoms. The highest BCUT2D eigenvalue weighted by Gasteiger charge is 2.20. The SMILES string of the molecule is CCc1nc2ccccc2c(C)c1C(=O)OCC(=O)Nc1c(F)cccc1F. The van der Waals surface area contributed by atoms with Crippen LogP contribution in [-0.4, -0.2) is 23.5 Å². The lowest BCUT2D eigenvalue weighted by atomic mass is 10.0. The van der Waals surface area contributed by atoms with Gasteiger partial charge in [-0.25, -0.2) is 13.6 Å². The highest BCUT2D eigenvalue weighted by atomic mass is 19.1. The number of amides is 1. The molecule has 0 radical (unpaired) electrons. The second-order valence-electron chi connectivity index (χ2n) is 6.15. The number of nitrogens with one attached hydrogen (secondary N) is 1. The summed E-state index contributed by atoms with van der Waals surface area (Å²) in [7, 11) is 0. The average molecular weight is 384 g/mol. The van der Waals surface area contributed by atoms with Crippen LogP contribution in [-0.2, 0) is 16.0 Å². The maximum atomic E-state index is 13.6. The van der Waals surface area contributed by atoms with Crippen molar-refractivity contribution in [1.82, 2.24) is 4.98 Å². The van der Waals surface area contributed by atoms with E-state index in [-0.39, 0.29) is 0 Å². The van der Waals surface area contributed by atoms with Crippen LogP contribution in [0.2, 0.25) is 0 Å². The Bertz CT molecular complexity index is 1050. The van der Waals surface area contributed by atoms with E-state index < -0.39 is 35.8 Å². The second-order valence-corrected chi connectivity index (χ2v) is 6.15. The number of hydrogen-bond acceptors (Lipinski definition) is 4. The molecule has 0 spiro atoms. The molecular formula is C21H18F2N2O3. The molecule has 3 rings (SSSR count). The zero-order chi connectivity index (χ0) is 20.3. The number of anilines is 1. The number of rotatable bonds is 5. The molecule has 28 heavy (non-hydrogen) atoms. The predicted octanol–water partition coefficient (Wildman–Crippen LogP) is 4.18. The Hall–Kier alpha value is -3.35. The minimum atomic E-state index is -0.914. The first-order chi connectivity index (χ1) is 13.4. The van der Waals surface area contributed by atoms with E-state index in [9.17, 15) is 18.4 Å². The molecule has 1 N–H and O–H groups in total. The molecule has 3 aromatic rings. The van der Waals surface area contributed by atoms with Gasteiger partial charge in [-0.15, -0.1) is 0 Å². The van der Waals surface area contributed by atoms with Crippen molar-refractivity contribution >= 4 is 28.5 Å². The number of aryl methyl sites for hydroxylation is 2. The van der Waals surface area contributed by atoms with E-state index >= 15 is 0 Å². The molecule has 0 aliphatic heterocycles. The number of fused-ring (bicyclic) bond motifs is 1. The van der Waals surface area contributed by atoms with Crippen LogP contribution in [0.5, 0.6) is 0 Å². The normalized spacial score (nSPS) is 10.7. The molecular weight excluding hydrogens is 366 g/mol. The van der Waals surface area contributed by atoms with E-state index in [1.54, 1.807) is 6.92 Å². The molecule has 1 amide bonds. The molecule has 0 unspecified atom stereocenters. The molecule has 0 bridgehead atoms. The molecule has 1 aromatic heterocycles. The van der Waals surface area contributed by atoms with Gasteiger partial charge in [-0.3, -0.25) is 9.78 Å². The van der Waals surface area contributed by atoms with E-state index in [0.29, 0.717) is 23.2 Å². The van der Waals surface area contributed by atoms with Crippen molar-refractivity contribution in [3.63, 3.8) is 0 Å². The average Bonchev–Trinajstić information content (AvgIpc) is 2.69. The van der Waals surface area contributed by atoms with E-state index in [4.69, 9.17) is 4.74 Å². The number of halogens is 2. The molecule has 0 aliphatic rings. The third-order valence-corrected chi connectivity index (χ3v) is 4.33. The number of aromatic nitrogens is 1. The summed E-state index contributed by atoms with van der Waals surface area (Å²) < 4.78 is 32.3. The van der Waals surface area contributed by atoms with Gasteiger partial charge >= 0.3 is 5.97 Å². The van der Waals surface area contributed by atoms with E-state index in [1.807, 2.05) is 31.2 Å². The van der Waals surface area contributed by atoms with Crippen molar-refractivity contribution in [1.29, 1.82) is 0 Å². The van der Waals surface area contributed by atoms with E-state index in [0.717, 1.165) is 23.0 Å². The third kappa shape index (κ3) is 3.83. The number of carbonyl (C=O) groups excluding carboxylic acids is 2. The fourth-order valence-corrected chi connectivity index (χ4v) is 2.96. The summed E-state index contributed by atoms with van der Waals surface area (Å²) in [5, 5.41) is 2.89. The third-order valence-electron chi connectivity index (χ3n) is 4.33. The highest BCUT2D eigenvalue weighted by Crippen LogP contribution is 2.24. The van der Waals surface area contributed by atoms with Crippen LogP contribution in [0.1, 0.15) is 28.5 Å². The van der Waals surface area contributed by atoms with Gasteiger partial charge in [0.25, 0.3) is 5.91 Å². The number of ether oxygens (including phenoxy) is 1. The van der Waals surface area contributed by atoms with Gasteiger partial charge in [0.15, 0.2) is 6.61 Å². The first-order valence-corrected chi connectivity index (χ1v) is 8.71. The number of nitrogens with zero attached hydrogens (tertiary/aromatic N) is 1. The monoisotopic (exact) mass is 384 g/mol. The number of esters is 1. The Morgan fingerprint density at radius 3 is 2.43 bits per heavy atom. The highest BCUT2D eigenvalue weighted by molar-refractivity contribution is 6.00. The Kier molecular flexibility index (Phi) is 5.63. The molecule has 0 saturated heterocycles. The first-order valence-electron chi connectivity index (χ1n) is 8.71. The zero-order valence-electron chi connectivity index (χ0n) is 15.4. The summed E-state index contributed by atoms with van der Waals surface area (Å²) in [5.74, 6) is -3.39. The van der Waals surface area contributed by atoms with Crippen LogP contribution in [0, 0.1) is 18.6 Å². The number of hydrogen-bond donors (Lipinski definition) is 1. The minimum absolute atomic E-state index is 0.297. The number of pyridine rings is 1. The molecule has 2 aromatic carbocycles. The molecule has 0 fully saturated rings. The fraction of sp³-hybridized carbons (Fsp3) is 0.190. The topological polar surface area (TPSA) is 68.3 Å². The smallest absolute Gasteiger partial charge is 0.340 e. The van der Waals surface area contributed by atoms with E-state index in [2.05, 4.69) is 10.3 Å². The summed E-state index contributed by atoms with van der Waals surface area (Å²) in [6.45, 7) is 2.97. The van der Waals surface area contributed by atoms with Crippen molar-refractivity contribution < 1.29 is 23.1 Å². The molecule has 0 saturated carbocycles. The van der Waals surface area contributed by atoms with Gasteiger partial charge < -0.3 is 10.1 Å². The quantitative estimate of drug-likeness (QED) is 0.670. The second kappa shape index (κ2) is 8.12. The number of benzene rings is 2. The lowest BCUT2D eigenvalue weighted by Gasteiger charge is -2.13. The van der Waals surface area contributed by atoms with Gasteiger partial charge in [-0.05, 0) is 37.1 Å². The van der Waals surface area contributed by atoms with Crippen LogP contribution in [0.4, 0.5) is 14.5 Å². The van der Waals surface area contributed by atoms with Crippen LogP contribution < -0.4 is 5.32 Å². The standard InChI is InChI=1S/C21H18F2N2O3/c1-3-16-19(12(2)13-7-4-5-10-17(13)24-16)21(27)28-11-18(26)25-20-14(22)8-6-9-15(20)23/h4-10H,3,11H2,1-2H3,(H,25,26). The van der Waals surface area contributed by atoms with Gasteiger partial charge in [0.1, 0.15) is 17.3 Å². The van der Waals surface area contributed by atoms with Gasteiger partial charge in [0.05, 0.1) is 16.8 Å². The van der Waals surface area contributed by atoms with Crippen molar-refractivity contribution in [2.75, 3.05) is 11.9 Å². The number of para-hydroxylation sites is 2. The lowest BCUT2D eigenvalue weighted by Crippen LogP contribution is -2.23. The van der Waals surface area contributed by atoms with Crippen LogP contribution >= 0.6 is 0 Å².